The van der Waals surface area contributed by atoms with Crippen molar-refractivity contribution in [3.63, 3.8) is 0 Å². The third-order valence-corrected chi connectivity index (χ3v) is 4.71. The summed E-state index contributed by atoms with van der Waals surface area (Å²) in [6.07, 6.45) is 0. The van der Waals surface area contributed by atoms with E-state index in [1.165, 1.54) is 16.4 Å². The van der Waals surface area contributed by atoms with Crippen molar-refractivity contribution < 1.29 is 4.79 Å². The average molecular weight is 360 g/mol. The fourth-order valence-corrected chi connectivity index (χ4v) is 3.13. The molecule has 0 aliphatic rings. The molecule has 6 nitrogen and oxygen atoms in total. The number of aryl methyl sites for hydroxylation is 1. The first-order valence-electron chi connectivity index (χ1n) is 6.53. The second-order valence-electron chi connectivity index (χ2n) is 4.74. The summed E-state index contributed by atoms with van der Waals surface area (Å²) < 4.78 is 1.52. The number of tetrazole rings is 1. The number of hydrogen-bond donors (Lipinski definition) is 1. The van der Waals surface area contributed by atoms with Gasteiger partial charge in [0.15, 0.2) is 0 Å². The Hall–Kier alpha value is -1.31. The van der Waals surface area contributed by atoms with Crippen LogP contribution in [0.5, 0.6) is 0 Å². The molecular formula is C13H15Cl2N5OS. The van der Waals surface area contributed by atoms with E-state index in [1.807, 2.05) is 6.92 Å². The van der Waals surface area contributed by atoms with Crippen LogP contribution in [-0.4, -0.2) is 31.4 Å². The van der Waals surface area contributed by atoms with Crippen LogP contribution in [0.2, 0.25) is 10.0 Å². The lowest BCUT2D eigenvalue weighted by atomic mass is 10.1. The molecule has 0 aliphatic heterocycles. The first-order chi connectivity index (χ1) is 10.4. The minimum atomic E-state index is -0.335. The van der Waals surface area contributed by atoms with Crippen LogP contribution < -0.4 is 5.32 Å². The Kier molecular flexibility index (Phi) is 5.66. The van der Waals surface area contributed by atoms with Crippen LogP contribution in [0.1, 0.15) is 25.5 Å². The lowest BCUT2D eigenvalue weighted by Gasteiger charge is -2.18. The van der Waals surface area contributed by atoms with Gasteiger partial charge in [0, 0.05) is 17.1 Å². The molecule has 1 N–H and O–H groups in total. The number of rotatable bonds is 5. The van der Waals surface area contributed by atoms with Crippen molar-refractivity contribution in [1.82, 2.24) is 25.5 Å². The van der Waals surface area contributed by atoms with Gasteiger partial charge in [-0.25, -0.2) is 4.68 Å². The molecule has 22 heavy (non-hydrogen) atoms. The maximum absolute atomic E-state index is 12.3. The SMILES string of the molecule is C[C@@H](Sc1nnnn1C)C(=O)N[C@H](C)c1ccc(Cl)cc1Cl. The molecule has 2 rings (SSSR count). The zero-order chi connectivity index (χ0) is 16.3. The standard InChI is InChI=1S/C13H15Cl2N5OS/c1-7(10-5-4-9(14)6-11(10)15)16-12(21)8(2)22-13-17-18-19-20(13)3/h4-8H,1-3H3,(H,16,21)/t7-,8-/m1/s1. The number of aromatic nitrogens is 4. The normalized spacial score (nSPS) is 13.7. The minimum absolute atomic E-state index is 0.119. The Labute approximate surface area is 142 Å². The second kappa shape index (κ2) is 7.30. The third kappa shape index (κ3) is 4.12. The summed E-state index contributed by atoms with van der Waals surface area (Å²) >= 11 is 13.3. The van der Waals surface area contributed by atoms with Gasteiger partial charge in [0.05, 0.1) is 11.3 Å². The number of benzene rings is 1. The van der Waals surface area contributed by atoms with E-state index < -0.39 is 0 Å². The zero-order valence-corrected chi connectivity index (χ0v) is 14.6. The van der Waals surface area contributed by atoms with E-state index >= 15 is 0 Å². The highest BCUT2D eigenvalue weighted by molar-refractivity contribution is 8.00. The smallest absolute Gasteiger partial charge is 0.233 e. The summed E-state index contributed by atoms with van der Waals surface area (Å²) in [7, 11) is 1.73. The van der Waals surface area contributed by atoms with Gasteiger partial charge in [-0.05, 0) is 42.0 Å². The van der Waals surface area contributed by atoms with Crippen LogP contribution in [-0.2, 0) is 11.8 Å². The summed E-state index contributed by atoms with van der Waals surface area (Å²) in [4.78, 5) is 12.3. The van der Waals surface area contributed by atoms with Crippen LogP contribution in [0.15, 0.2) is 23.4 Å². The Bertz CT molecular complexity index is 678. The molecule has 1 aromatic heterocycles. The van der Waals surface area contributed by atoms with Gasteiger partial charge in [-0.3, -0.25) is 4.79 Å². The van der Waals surface area contributed by atoms with Crippen LogP contribution >= 0.6 is 35.0 Å². The highest BCUT2D eigenvalue weighted by Gasteiger charge is 2.20. The Balaban J connectivity index is 2.00. The van der Waals surface area contributed by atoms with Crippen molar-refractivity contribution in [1.29, 1.82) is 0 Å². The Morgan fingerprint density at radius 3 is 2.68 bits per heavy atom. The zero-order valence-electron chi connectivity index (χ0n) is 12.2. The maximum Gasteiger partial charge on any atom is 0.233 e. The molecule has 0 unspecified atom stereocenters. The van der Waals surface area contributed by atoms with Crippen molar-refractivity contribution in [2.24, 2.45) is 7.05 Å². The van der Waals surface area contributed by atoms with Crippen LogP contribution in [0.4, 0.5) is 0 Å². The van der Waals surface area contributed by atoms with E-state index in [4.69, 9.17) is 23.2 Å². The van der Waals surface area contributed by atoms with E-state index in [-0.39, 0.29) is 17.2 Å². The first kappa shape index (κ1) is 17.1. The van der Waals surface area contributed by atoms with Crippen molar-refractivity contribution in [3.05, 3.63) is 33.8 Å². The van der Waals surface area contributed by atoms with Gasteiger partial charge < -0.3 is 5.32 Å². The number of nitrogens with one attached hydrogen (secondary N) is 1. The number of carbonyl (C=O) groups is 1. The molecule has 9 heteroatoms. The summed E-state index contributed by atoms with van der Waals surface area (Å²) in [6.45, 7) is 3.67. The number of amides is 1. The highest BCUT2D eigenvalue weighted by Crippen LogP contribution is 2.27. The van der Waals surface area contributed by atoms with Gasteiger partial charge >= 0.3 is 0 Å². The predicted molar refractivity (Wildman–Crippen MR) is 87.1 cm³/mol. The van der Waals surface area contributed by atoms with Gasteiger partial charge in [0.2, 0.25) is 11.1 Å². The van der Waals surface area contributed by atoms with E-state index in [0.29, 0.717) is 15.2 Å². The van der Waals surface area contributed by atoms with Gasteiger partial charge in [-0.15, -0.1) is 5.10 Å². The number of hydrogen-bond acceptors (Lipinski definition) is 5. The quantitative estimate of drug-likeness (QED) is 0.830. The molecule has 2 aromatic rings. The monoisotopic (exact) mass is 359 g/mol. The molecule has 0 fully saturated rings. The van der Waals surface area contributed by atoms with Crippen LogP contribution in [0, 0.1) is 0 Å². The van der Waals surface area contributed by atoms with Gasteiger partial charge in [-0.1, -0.05) is 41.0 Å². The molecule has 0 radical (unpaired) electrons. The highest BCUT2D eigenvalue weighted by atomic mass is 35.5. The molecule has 0 aliphatic carbocycles. The van der Waals surface area contributed by atoms with E-state index in [2.05, 4.69) is 20.8 Å². The minimum Gasteiger partial charge on any atom is -0.349 e. The fourth-order valence-electron chi connectivity index (χ4n) is 1.79. The largest absolute Gasteiger partial charge is 0.349 e. The molecule has 0 bridgehead atoms. The molecule has 1 amide bonds. The summed E-state index contributed by atoms with van der Waals surface area (Å²) in [5.74, 6) is -0.119. The van der Waals surface area contributed by atoms with Gasteiger partial charge in [0.25, 0.3) is 0 Å². The fraction of sp³-hybridized carbons (Fsp3) is 0.385. The average Bonchev–Trinajstić information content (AvgIpc) is 2.83. The van der Waals surface area contributed by atoms with E-state index in [0.717, 1.165) is 5.56 Å². The molecule has 0 saturated heterocycles. The molecule has 1 heterocycles. The Morgan fingerprint density at radius 2 is 2.09 bits per heavy atom. The van der Waals surface area contributed by atoms with Crippen LogP contribution in [0.3, 0.4) is 0 Å². The summed E-state index contributed by atoms with van der Waals surface area (Å²) in [6, 6.07) is 4.98. The number of thioether (sulfide) groups is 1. The molecule has 0 spiro atoms. The third-order valence-electron chi connectivity index (χ3n) is 3.02. The lowest BCUT2D eigenvalue weighted by molar-refractivity contribution is -0.120. The molecule has 0 saturated carbocycles. The lowest BCUT2D eigenvalue weighted by Crippen LogP contribution is -2.33. The molecule has 118 valence electrons. The molecule has 1 aromatic carbocycles. The Morgan fingerprint density at radius 1 is 1.36 bits per heavy atom. The van der Waals surface area contributed by atoms with Crippen molar-refractivity contribution in [2.45, 2.75) is 30.3 Å². The maximum atomic E-state index is 12.3. The van der Waals surface area contributed by atoms with Gasteiger partial charge in [-0.2, -0.15) is 0 Å². The second-order valence-corrected chi connectivity index (χ2v) is 6.89. The first-order valence-corrected chi connectivity index (χ1v) is 8.16. The van der Waals surface area contributed by atoms with Crippen molar-refractivity contribution in [2.75, 3.05) is 0 Å². The number of nitrogens with zero attached hydrogens (tertiary/aromatic N) is 4. The van der Waals surface area contributed by atoms with Crippen molar-refractivity contribution >= 4 is 40.9 Å². The summed E-state index contributed by atoms with van der Waals surface area (Å²) in [5, 5.41) is 15.4. The summed E-state index contributed by atoms with van der Waals surface area (Å²) in [5.41, 5.74) is 0.817. The molecule has 2 atom stereocenters. The number of halogens is 2. The van der Waals surface area contributed by atoms with Crippen molar-refractivity contribution in [3.8, 4) is 0 Å². The topological polar surface area (TPSA) is 72.7 Å². The van der Waals surface area contributed by atoms with E-state index in [1.54, 1.807) is 32.2 Å². The number of carbonyl (C=O) groups excluding carboxylic acids is 1. The van der Waals surface area contributed by atoms with Crippen LogP contribution in [0.25, 0.3) is 0 Å². The van der Waals surface area contributed by atoms with E-state index in [9.17, 15) is 4.79 Å². The van der Waals surface area contributed by atoms with Gasteiger partial charge in [0.1, 0.15) is 0 Å². The predicted octanol–water partition coefficient (Wildman–Crippen LogP) is 2.87. The molecular weight excluding hydrogens is 345 g/mol.